The lowest BCUT2D eigenvalue weighted by Crippen LogP contribution is -2.47. The number of hydrogen-bond acceptors (Lipinski definition) is 2. The van der Waals surface area contributed by atoms with E-state index in [1.807, 2.05) is 62.3 Å². The Morgan fingerprint density at radius 2 is 1.08 bits per heavy atom. The number of hydrogen-bond donors (Lipinski definition) is 1. The van der Waals surface area contributed by atoms with Gasteiger partial charge in [-0.2, -0.15) is 0 Å². The van der Waals surface area contributed by atoms with Gasteiger partial charge in [-0.1, -0.05) is 83.1 Å². The van der Waals surface area contributed by atoms with Crippen molar-refractivity contribution in [1.29, 1.82) is 0 Å². The minimum absolute atomic E-state index is 0.0417. The quantitative estimate of drug-likeness (QED) is 0.344. The first-order valence-electron chi connectivity index (χ1n) is 13.1. The molecule has 0 spiro atoms. The summed E-state index contributed by atoms with van der Waals surface area (Å²) in [5, 5.41) is 8.21. The molecule has 0 amide bonds. The minimum atomic E-state index is -2.92. The van der Waals surface area contributed by atoms with Gasteiger partial charge < -0.3 is 9.84 Å². The van der Waals surface area contributed by atoms with Gasteiger partial charge in [-0.3, -0.25) is 0 Å². The van der Waals surface area contributed by atoms with Gasteiger partial charge in [-0.05, 0) is 48.3 Å². The molecule has 0 saturated carbocycles. The summed E-state index contributed by atoms with van der Waals surface area (Å²) in [5.74, 6) is -5.43. The second-order valence-electron chi connectivity index (χ2n) is 15.5. The van der Waals surface area contributed by atoms with Gasteiger partial charge in [0.1, 0.15) is 6.61 Å². The molecule has 1 fully saturated rings. The van der Waals surface area contributed by atoms with Gasteiger partial charge in [0, 0.05) is 12.8 Å². The number of alkyl halides is 6. The summed E-state index contributed by atoms with van der Waals surface area (Å²) in [6, 6.07) is 0. The zero-order valence-corrected chi connectivity index (χ0v) is 26.2. The van der Waals surface area contributed by atoms with Gasteiger partial charge in [-0.15, -0.1) is 0 Å². The van der Waals surface area contributed by atoms with Crippen LogP contribution in [0.5, 0.6) is 0 Å². The predicted molar refractivity (Wildman–Crippen MR) is 144 cm³/mol. The second kappa shape index (κ2) is 15.3. The van der Waals surface area contributed by atoms with Crippen molar-refractivity contribution in [3.63, 3.8) is 0 Å². The van der Waals surface area contributed by atoms with Gasteiger partial charge >= 0.3 is 0 Å². The molecule has 1 aliphatic rings. The molecule has 1 atom stereocenters. The van der Waals surface area contributed by atoms with Crippen LogP contribution in [0.1, 0.15) is 123 Å². The van der Waals surface area contributed by atoms with Crippen molar-refractivity contribution in [2.75, 3.05) is 19.8 Å². The number of rotatable bonds is 5. The highest BCUT2D eigenvalue weighted by Crippen LogP contribution is 2.35. The van der Waals surface area contributed by atoms with Crippen LogP contribution in [0.25, 0.3) is 0 Å². The molecular formula is C29H58F6O2. The normalized spacial score (nSPS) is 17.1. The Kier molecular flexibility index (Phi) is 17.0. The molecular weight excluding hydrogens is 494 g/mol. The number of aliphatic hydroxyl groups is 1. The van der Waals surface area contributed by atoms with Crippen LogP contribution in [0.3, 0.4) is 0 Å². The topological polar surface area (TPSA) is 29.5 Å². The summed E-state index contributed by atoms with van der Waals surface area (Å²) in [4.78, 5) is 0. The van der Waals surface area contributed by atoms with E-state index in [0.29, 0.717) is 26.1 Å². The van der Waals surface area contributed by atoms with E-state index in [4.69, 9.17) is 9.84 Å². The summed E-state index contributed by atoms with van der Waals surface area (Å²) in [6.45, 7) is 25.0. The summed E-state index contributed by atoms with van der Waals surface area (Å²) < 4.78 is 79.5. The fraction of sp³-hybridized carbons (Fsp3) is 1.00. The largest absolute Gasteiger partial charge is 0.390 e. The molecule has 0 bridgehead atoms. The molecule has 2 nitrogen and oxygen atoms in total. The summed E-state index contributed by atoms with van der Waals surface area (Å²) in [6.07, 6.45) is 0.304. The second-order valence-corrected chi connectivity index (χ2v) is 15.5. The van der Waals surface area contributed by atoms with Crippen molar-refractivity contribution in [3.8, 4) is 0 Å². The fourth-order valence-corrected chi connectivity index (χ4v) is 3.98. The maximum Gasteiger partial charge on any atom is 0.271 e. The zero-order valence-electron chi connectivity index (χ0n) is 26.2. The number of aliphatic hydroxyl groups excluding tert-OH is 1. The van der Waals surface area contributed by atoms with E-state index in [1.54, 1.807) is 27.7 Å². The summed E-state index contributed by atoms with van der Waals surface area (Å²) >= 11 is 0. The van der Waals surface area contributed by atoms with Crippen LogP contribution >= 0.6 is 0 Å². The smallest absolute Gasteiger partial charge is 0.271 e. The van der Waals surface area contributed by atoms with E-state index in [0.717, 1.165) is 6.92 Å². The molecule has 37 heavy (non-hydrogen) atoms. The van der Waals surface area contributed by atoms with E-state index >= 15 is 0 Å². The first kappa shape index (κ1) is 41.0. The van der Waals surface area contributed by atoms with Crippen molar-refractivity contribution in [2.45, 2.75) is 146 Å². The Morgan fingerprint density at radius 3 is 1.14 bits per heavy atom. The highest BCUT2D eigenvalue weighted by atomic mass is 19.3. The number of ether oxygens (including phenoxy) is 1. The molecule has 0 aromatic heterocycles. The van der Waals surface area contributed by atoms with Crippen LogP contribution in [0.2, 0.25) is 0 Å². The minimum Gasteiger partial charge on any atom is -0.390 e. The fourth-order valence-electron chi connectivity index (χ4n) is 3.98. The van der Waals surface area contributed by atoms with E-state index in [-0.39, 0.29) is 29.1 Å². The highest BCUT2D eigenvalue weighted by Gasteiger charge is 2.41. The van der Waals surface area contributed by atoms with E-state index in [9.17, 15) is 26.3 Å². The van der Waals surface area contributed by atoms with Gasteiger partial charge in [0.25, 0.3) is 5.92 Å². The monoisotopic (exact) mass is 552 g/mol. The molecule has 0 aliphatic carbocycles. The number of halogens is 6. The van der Waals surface area contributed by atoms with Crippen molar-refractivity contribution in [1.82, 2.24) is 0 Å². The van der Waals surface area contributed by atoms with Gasteiger partial charge in [0.15, 0.2) is 5.67 Å². The Morgan fingerprint density at radius 1 is 0.703 bits per heavy atom. The van der Waals surface area contributed by atoms with E-state index in [1.165, 1.54) is 0 Å². The van der Waals surface area contributed by atoms with Crippen LogP contribution in [0.4, 0.5) is 26.3 Å². The SMILES string of the molecule is CC(C)(C)CC(C)(F)F.CC(C)(C)CC(F)(F)CO.CC(C)(C)CC1(F)COC1.CC(F)CC(C)(C)C. The lowest BCUT2D eigenvalue weighted by atomic mass is 9.82. The van der Waals surface area contributed by atoms with Crippen LogP contribution in [0.15, 0.2) is 0 Å². The van der Waals surface area contributed by atoms with Crippen LogP contribution in [-0.4, -0.2) is 48.6 Å². The molecule has 1 unspecified atom stereocenters. The molecule has 0 aromatic rings. The Bertz CT molecular complexity index is 546. The summed E-state index contributed by atoms with van der Waals surface area (Å²) in [7, 11) is 0. The van der Waals surface area contributed by atoms with Crippen molar-refractivity contribution < 1.29 is 36.2 Å². The molecule has 1 heterocycles. The first-order valence-corrected chi connectivity index (χ1v) is 13.1. The molecule has 228 valence electrons. The van der Waals surface area contributed by atoms with Crippen molar-refractivity contribution in [2.24, 2.45) is 21.7 Å². The van der Waals surface area contributed by atoms with Crippen LogP contribution in [-0.2, 0) is 4.74 Å². The molecule has 8 heteroatoms. The average Bonchev–Trinajstić information content (AvgIpc) is 2.45. The maximum absolute atomic E-state index is 13.3. The lowest BCUT2D eigenvalue weighted by Gasteiger charge is -2.38. The van der Waals surface area contributed by atoms with Crippen LogP contribution < -0.4 is 0 Å². The van der Waals surface area contributed by atoms with Crippen molar-refractivity contribution >= 4 is 0 Å². The van der Waals surface area contributed by atoms with Gasteiger partial charge in [0.2, 0.25) is 5.92 Å². The van der Waals surface area contributed by atoms with Gasteiger partial charge in [-0.25, -0.2) is 26.3 Å². The third-order valence-corrected chi connectivity index (χ3v) is 4.32. The molecule has 1 N–H and O–H groups in total. The molecule has 1 rings (SSSR count). The Balaban J connectivity index is -0.000000418. The van der Waals surface area contributed by atoms with Crippen LogP contribution in [0, 0.1) is 21.7 Å². The zero-order chi connectivity index (χ0) is 30.7. The molecule has 0 radical (unpaired) electrons. The highest BCUT2D eigenvalue weighted by molar-refractivity contribution is 4.89. The maximum atomic E-state index is 13.3. The molecule has 0 aromatic carbocycles. The molecule has 1 aliphatic heterocycles. The van der Waals surface area contributed by atoms with Gasteiger partial charge in [0.05, 0.1) is 19.4 Å². The summed E-state index contributed by atoms with van der Waals surface area (Å²) in [5.41, 5.74) is -1.48. The van der Waals surface area contributed by atoms with Crippen molar-refractivity contribution in [3.05, 3.63) is 0 Å². The predicted octanol–water partition coefficient (Wildman–Crippen LogP) is 10.1. The Hall–Kier alpha value is -0.500. The first-order chi connectivity index (χ1) is 15.8. The Labute approximate surface area is 224 Å². The third kappa shape index (κ3) is 35.5. The standard InChI is InChI=1S/C8H15FO.C7H14F2O.C7H14F2.C7H15F/c1-7(2,3)4-8(9)5-10-6-8;1-6(2,3)4-7(8,9)5-10;1-6(2,3)5-7(4,8)9;1-6(8)5-7(2,3)4/h4-6H2,1-3H3;10H,4-5H2,1-3H3;5H2,1-4H3;6H,5H2,1-4H3. The lowest BCUT2D eigenvalue weighted by molar-refractivity contribution is -0.145. The average molecular weight is 553 g/mol. The molecule has 1 saturated heterocycles. The van der Waals surface area contributed by atoms with E-state index < -0.39 is 35.7 Å². The third-order valence-electron chi connectivity index (χ3n) is 4.32. The van der Waals surface area contributed by atoms with E-state index in [2.05, 4.69) is 0 Å².